The molecular formula is C14H22Cl2O4. The molecule has 4 nitrogen and oxygen atoms in total. The Morgan fingerprint density at radius 1 is 0.900 bits per heavy atom. The van der Waals surface area contributed by atoms with E-state index in [2.05, 4.69) is 0 Å². The summed E-state index contributed by atoms with van der Waals surface area (Å²) >= 11 is 11.0. The fraction of sp³-hybridized carbons (Fsp3) is 0.857. The van der Waals surface area contributed by atoms with Crippen molar-refractivity contribution < 1.29 is 19.1 Å². The summed E-state index contributed by atoms with van der Waals surface area (Å²) in [5.41, 5.74) is 0. The van der Waals surface area contributed by atoms with Gasteiger partial charge in [0.15, 0.2) is 0 Å². The second-order valence-electron chi connectivity index (χ2n) is 5.40. The molecule has 0 aromatic heterocycles. The van der Waals surface area contributed by atoms with Gasteiger partial charge in [-0.2, -0.15) is 0 Å². The zero-order chi connectivity index (χ0) is 15.1. The predicted molar refractivity (Wildman–Crippen MR) is 77.8 cm³/mol. The monoisotopic (exact) mass is 324 g/mol. The van der Waals surface area contributed by atoms with E-state index >= 15 is 0 Å². The van der Waals surface area contributed by atoms with Gasteiger partial charge in [-0.3, -0.25) is 4.79 Å². The molecule has 0 bridgehead atoms. The maximum Gasteiger partial charge on any atom is 0.339 e. The lowest BCUT2D eigenvalue weighted by Gasteiger charge is -2.29. The molecule has 0 unspecified atom stereocenters. The number of carbonyl (C=O) groups excluding carboxylic acids is 2. The van der Waals surface area contributed by atoms with Crippen molar-refractivity contribution in [2.75, 3.05) is 0 Å². The Hall–Kier alpha value is -0.480. The summed E-state index contributed by atoms with van der Waals surface area (Å²) in [6.45, 7) is 3.56. The molecule has 0 aromatic carbocycles. The van der Waals surface area contributed by atoms with E-state index in [4.69, 9.17) is 32.7 Å². The number of alkyl halides is 2. The van der Waals surface area contributed by atoms with Crippen LogP contribution in [0.4, 0.5) is 0 Å². The summed E-state index contributed by atoms with van der Waals surface area (Å²) in [6, 6.07) is 0. The first-order valence-electron chi connectivity index (χ1n) is 7.11. The predicted octanol–water partition coefficient (Wildman–Crippen LogP) is 3.62. The van der Waals surface area contributed by atoms with Crippen LogP contribution in [0.3, 0.4) is 0 Å². The first kappa shape index (κ1) is 17.6. The first-order valence-corrected chi connectivity index (χ1v) is 7.98. The van der Waals surface area contributed by atoms with Crippen molar-refractivity contribution >= 4 is 35.1 Å². The van der Waals surface area contributed by atoms with Crippen LogP contribution in [0, 0.1) is 5.92 Å². The van der Waals surface area contributed by atoms with Crippen molar-refractivity contribution in [3.8, 4) is 0 Å². The minimum Gasteiger partial charge on any atom is -0.458 e. The van der Waals surface area contributed by atoms with Crippen molar-refractivity contribution in [1.82, 2.24) is 0 Å². The maximum absolute atomic E-state index is 11.8. The lowest BCUT2D eigenvalue weighted by molar-refractivity contribution is -0.171. The van der Waals surface area contributed by atoms with Crippen LogP contribution in [-0.2, 0) is 19.1 Å². The summed E-state index contributed by atoms with van der Waals surface area (Å²) in [5.74, 6) is -1.15. The van der Waals surface area contributed by atoms with Crippen LogP contribution in [0.2, 0.25) is 0 Å². The molecular weight excluding hydrogens is 303 g/mol. The molecule has 6 heteroatoms. The lowest BCUT2D eigenvalue weighted by atomic mass is 9.96. The van der Waals surface area contributed by atoms with Gasteiger partial charge in [0, 0.05) is 0 Å². The van der Waals surface area contributed by atoms with Gasteiger partial charge >= 0.3 is 11.9 Å². The topological polar surface area (TPSA) is 52.6 Å². The van der Waals surface area contributed by atoms with Crippen molar-refractivity contribution in [2.24, 2.45) is 5.92 Å². The zero-order valence-electron chi connectivity index (χ0n) is 11.9. The maximum atomic E-state index is 11.8. The van der Waals surface area contributed by atoms with Gasteiger partial charge in [-0.15, -0.1) is 0 Å². The first-order chi connectivity index (χ1) is 9.41. The van der Waals surface area contributed by atoms with E-state index in [0.29, 0.717) is 12.8 Å². The lowest BCUT2D eigenvalue weighted by Crippen LogP contribution is -2.38. The van der Waals surface area contributed by atoms with Gasteiger partial charge < -0.3 is 9.47 Å². The summed E-state index contributed by atoms with van der Waals surface area (Å²) in [5, 5.41) is 0. The van der Waals surface area contributed by atoms with E-state index in [0.717, 1.165) is 25.7 Å². The van der Waals surface area contributed by atoms with E-state index in [1.54, 1.807) is 13.8 Å². The molecule has 116 valence electrons. The van der Waals surface area contributed by atoms with Crippen LogP contribution in [0.1, 0.15) is 52.4 Å². The smallest absolute Gasteiger partial charge is 0.339 e. The van der Waals surface area contributed by atoms with Crippen LogP contribution >= 0.6 is 23.2 Å². The highest BCUT2D eigenvalue weighted by molar-refractivity contribution is 6.52. The Bertz CT molecular complexity index is 299. The molecule has 1 fully saturated rings. The number of hydrogen-bond acceptors (Lipinski definition) is 4. The van der Waals surface area contributed by atoms with E-state index in [-0.39, 0.29) is 11.9 Å². The van der Waals surface area contributed by atoms with Gasteiger partial charge in [-0.1, -0.05) is 49.9 Å². The van der Waals surface area contributed by atoms with Gasteiger partial charge in [-0.25, -0.2) is 4.79 Å². The van der Waals surface area contributed by atoms with Crippen molar-refractivity contribution in [2.45, 2.75) is 69.4 Å². The molecule has 0 radical (unpaired) electrons. The fourth-order valence-electron chi connectivity index (χ4n) is 2.17. The van der Waals surface area contributed by atoms with E-state index in [9.17, 15) is 9.59 Å². The minimum absolute atomic E-state index is 0.203. The summed E-state index contributed by atoms with van der Waals surface area (Å²) < 4.78 is 10.8. The van der Waals surface area contributed by atoms with Gasteiger partial charge in [0.1, 0.15) is 12.2 Å². The van der Waals surface area contributed by atoms with Crippen LogP contribution in [0.25, 0.3) is 0 Å². The normalized spacial score (nSPS) is 24.1. The fourth-order valence-corrected chi connectivity index (χ4v) is 2.27. The van der Waals surface area contributed by atoms with Gasteiger partial charge in [-0.05, 0) is 25.7 Å². The van der Waals surface area contributed by atoms with Crippen molar-refractivity contribution in [1.29, 1.82) is 0 Å². The molecule has 1 aliphatic rings. The SMILES string of the molecule is CC(C)C(=O)O[C@H]1CCCCCC[C@H]1OC(=O)C(Cl)Cl. The molecule has 0 aliphatic heterocycles. The molecule has 20 heavy (non-hydrogen) atoms. The van der Waals surface area contributed by atoms with Gasteiger partial charge in [0.2, 0.25) is 4.84 Å². The highest BCUT2D eigenvalue weighted by atomic mass is 35.5. The number of esters is 2. The quantitative estimate of drug-likeness (QED) is 0.585. The van der Waals surface area contributed by atoms with E-state index in [1.165, 1.54) is 0 Å². The standard InChI is InChI=1S/C14H22Cl2O4/c1-9(2)13(17)19-10-7-5-3-4-6-8-11(10)20-14(18)12(15)16/h9-12H,3-8H2,1-2H3/t10-,11+/m0/s1. The molecule has 0 heterocycles. The van der Waals surface area contributed by atoms with Crippen LogP contribution in [0.5, 0.6) is 0 Å². The van der Waals surface area contributed by atoms with E-state index < -0.39 is 23.0 Å². The largest absolute Gasteiger partial charge is 0.458 e. The molecule has 1 aliphatic carbocycles. The third-order valence-corrected chi connectivity index (χ3v) is 3.68. The number of rotatable bonds is 4. The molecule has 1 saturated carbocycles. The molecule has 0 saturated heterocycles. The summed E-state index contributed by atoms with van der Waals surface area (Å²) in [6.07, 6.45) is 4.59. The average molecular weight is 325 g/mol. The highest BCUT2D eigenvalue weighted by Gasteiger charge is 2.31. The molecule has 2 atom stereocenters. The Kier molecular flexibility index (Phi) is 7.67. The van der Waals surface area contributed by atoms with Gasteiger partial charge in [0.05, 0.1) is 5.92 Å². The Morgan fingerprint density at radius 3 is 1.75 bits per heavy atom. The molecule has 0 amide bonds. The average Bonchev–Trinajstić information content (AvgIpc) is 2.36. The summed E-state index contributed by atoms with van der Waals surface area (Å²) in [7, 11) is 0. The number of carbonyl (C=O) groups is 2. The Balaban J connectivity index is 2.69. The van der Waals surface area contributed by atoms with Crippen LogP contribution < -0.4 is 0 Å². The van der Waals surface area contributed by atoms with E-state index in [1.807, 2.05) is 0 Å². The third kappa shape index (κ3) is 5.88. The zero-order valence-corrected chi connectivity index (χ0v) is 13.5. The second-order valence-corrected chi connectivity index (χ2v) is 6.49. The minimum atomic E-state index is -1.21. The number of hydrogen-bond donors (Lipinski definition) is 0. The van der Waals surface area contributed by atoms with Crippen LogP contribution in [-0.4, -0.2) is 29.0 Å². The Labute approximate surface area is 130 Å². The molecule has 0 N–H and O–H groups in total. The Morgan fingerprint density at radius 2 is 1.35 bits per heavy atom. The molecule has 0 spiro atoms. The summed E-state index contributed by atoms with van der Waals surface area (Å²) in [4.78, 5) is 22.1. The van der Waals surface area contributed by atoms with Crippen molar-refractivity contribution in [3.63, 3.8) is 0 Å². The second kappa shape index (κ2) is 8.73. The number of ether oxygens (including phenoxy) is 2. The molecule has 0 aromatic rings. The van der Waals surface area contributed by atoms with Crippen LogP contribution in [0.15, 0.2) is 0 Å². The van der Waals surface area contributed by atoms with Crippen molar-refractivity contribution in [3.05, 3.63) is 0 Å². The van der Waals surface area contributed by atoms with Gasteiger partial charge in [0.25, 0.3) is 0 Å². The third-order valence-electron chi connectivity index (χ3n) is 3.33. The molecule has 1 rings (SSSR count). The highest BCUT2D eigenvalue weighted by Crippen LogP contribution is 2.24. The number of halogens is 2.